The van der Waals surface area contributed by atoms with Gasteiger partial charge >= 0.3 is 0 Å². The van der Waals surface area contributed by atoms with E-state index in [1.165, 1.54) is 0 Å². The van der Waals surface area contributed by atoms with Gasteiger partial charge in [0.1, 0.15) is 0 Å². The fourth-order valence-electron chi connectivity index (χ4n) is 3.50. The monoisotopic (exact) mass is 297 g/mol. The van der Waals surface area contributed by atoms with E-state index in [9.17, 15) is 4.79 Å². The van der Waals surface area contributed by atoms with Gasteiger partial charge in [0, 0.05) is 51.8 Å². The molecule has 0 aromatic rings. The molecule has 0 spiro atoms. The molecular weight excluding hydrogens is 266 g/mol. The summed E-state index contributed by atoms with van der Waals surface area (Å²) >= 11 is 0. The zero-order valence-corrected chi connectivity index (χ0v) is 13.6. The van der Waals surface area contributed by atoms with E-state index in [0.29, 0.717) is 36.9 Å². The van der Waals surface area contributed by atoms with E-state index in [4.69, 9.17) is 10.5 Å². The molecule has 1 atom stereocenters. The van der Waals surface area contributed by atoms with Crippen molar-refractivity contribution in [2.24, 2.45) is 11.7 Å². The van der Waals surface area contributed by atoms with Gasteiger partial charge in [-0.05, 0) is 32.1 Å². The van der Waals surface area contributed by atoms with Crippen molar-refractivity contribution in [3.63, 3.8) is 0 Å². The highest BCUT2D eigenvalue weighted by atomic mass is 16.5. The number of rotatable bonds is 7. The fourth-order valence-corrected chi connectivity index (χ4v) is 3.50. The Morgan fingerprint density at radius 1 is 1.24 bits per heavy atom. The minimum absolute atomic E-state index is 0.329. The normalized spacial score (nSPS) is 28.2. The smallest absolute Gasteiger partial charge is 0.222 e. The third kappa shape index (κ3) is 4.41. The van der Waals surface area contributed by atoms with Crippen molar-refractivity contribution in [3.8, 4) is 0 Å². The summed E-state index contributed by atoms with van der Waals surface area (Å²) in [6.07, 6.45) is 4.32. The Kier molecular flexibility index (Phi) is 6.45. The lowest BCUT2D eigenvalue weighted by atomic mass is 9.79. The molecule has 0 aromatic carbocycles. The van der Waals surface area contributed by atoms with Gasteiger partial charge < -0.3 is 15.4 Å². The molecule has 1 aliphatic heterocycles. The van der Waals surface area contributed by atoms with E-state index < -0.39 is 0 Å². The molecule has 2 fully saturated rings. The lowest BCUT2D eigenvalue weighted by molar-refractivity contribution is -0.136. The zero-order valence-electron chi connectivity index (χ0n) is 13.6. The average molecular weight is 297 g/mol. The van der Waals surface area contributed by atoms with Crippen LogP contribution in [0.2, 0.25) is 0 Å². The summed E-state index contributed by atoms with van der Waals surface area (Å²) in [5, 5.41) is 0. The molecule has 1 unspecified atom stereocenters. The quantitative estimate of drug-likeness (QED) is 0.764. The highest BCUT2D eigenvalue weighted by Gasteiger charge is 2.33. The van der Waals surface area contributed by atoms with E-state index >= 15 is 0 Å². The van der Waals surface area contributed by atoms with Crippen LogP contribution in [-0.4, -0.2) is 67.2 Å². The molecule has 0 radical (unpaired) electrons. The van der Waals surface area contributed by atoms with Crippen LogP contribution in [0, 0.1) is 5.92 Å². The molecule has 21 heavy (non-hydrogen) atoms. The highest BCUT2D eigenvalue weighted by Crippen LogP contribution is 2.33. The molecule has 0 aromatic heterocycles. The number of hydrogen-bond acceptors (Lipinski definition) is 4. The van der Waals surface area contributed by atoms with E-state index in [1.807, 2.05) is 11.8 Å². The third-order valence-corrected chi connectivity index (χ3v) is 4.98. The summed E-state index contributed by atoms with van der Waals surface area (Å²) in [5.74, 6) is 0.870. The van der Waals surface area contributed by atoms with Gasteiger partial charge in [0.2, 0.25) is 5.91 Å². The van der Waals surface area contributed by atoms with Crippen molar-refractivity contribution >= 4 is 5.91 Å². The minimum Gasteiger partial charge on any atom is -0.378 e. The summed E-state index contributed by atoms with van der Waals surface area (Å²) in [4.78, 5) is 16.8. The molecule has 0 bridgehead atoms. The van der Waals surface area contributed by atoms with Crippen LogP contribution >= 0.6 is 0 Å². The lowest BCUT2D eigenvalue weighted by Gasteiger charge is -2.40. The fraction of sp³-hybridized carbons (Fsp3) is 0.938. The molecule has 5 heteroatoms. The predicted molar refractivity (Wildman–Crippen MR) is 84.0 cm³/mol. The second-order valence-electron chi connectivity index (χ2n) is 6.33. The van der Waals surface area contributed by atoms with Crippen molar-refractivity contribution in [2.75, 3.05) is 39.3 Å². The number of nitrogens with zero attached hydrogens (tertiary/aromatic N) is 2. The van der Waals surface area contributed by atoms with Crippen LogP contribution in [0.3, 0.4) is 0 Å². The van der Waals surface area contributed by atoms with Crippen LogP contribution in [0.4, 0.5) is 0 Å². The highest BCUT2D eigenvalue weighted by molar-refractivity contribution is 5.76. The Morgan fingerprint density at radius 3 is 2.43 bits per heavy atom. The summed E-state index contributed by atoms with van der Waals surface area (Å²) in [6.45, 7) is 9.36. The van der Waals surface area contributed by atoms with Crippen molar-refractivity contribution in [3.05, 3.63) is 0 Å². The average Bonchev–Trinajstić information content (AvgIpc) is 2.47. The Balaban J connectivity index is 1.67. The molecule has 2 aliphatic rings. The maximum atomic E-state index is 12.3. The molecule has 1 amide bonds. The van der Waals surface area contributed by atoms with E-state index in [-0.39, 0.29) is 0 Å². The van der Waals surface area contributed by atoms with E-state index in [1.54, 1.807) is 0 Å². The first-order chi connectivity index (χ1) is 10.2. The summed E-state index contributed by atoms with van der Waals surface area (Å²) in [7, 11) is 0. The molecule has 1 saturated carbocycles. The number of hydrogen-bond donors (Lipinski definition) is 1. The zero-order chi connectivity index (χ0) is 15.2. The first kappa shape index (κ1) is 16.7. The van der Waals surface area contributed by atoms with Crippen LogP contribution in [0.15, 0.2) is 0 Å². The summed E-state index contributed by atoms with van der Waals surface area (Å²) in [6, 6.07) is 0.473. The van der Waals surface area contributed by atoms with Gasteiger partial charge in [-0.2, -0.15) is 0 Å². The topological polar surface area (TPSA) is 58.8 Å². The Labute approximate surface area is 128 Å². The van der Waals surface area contributed by atoms with Gasteiger partial charge in [-0.3, -0.25) is 9.69 Å². The van der Waals surface area contributed by atoms with Gasteiger partial charge in [-0.15, -0.1) is 0 Å². The maximum absolute atomic E-state index is 12.3. The van der Waals surface area contributed by atoms with Crippen LogP contribution in [0.1, 0.15) is 39.5 Å². The minimum atomic E-state index is 0.329. The Bertz CT molecular complexity index is 319. The van der Waals surface area contributed by atoms with Crippen LogP contribution in [-0.2, 0) is 9.53 Å². The van der Waals surface area contributed by atoms with Gasteiger partial charge in [0.15, 0.2) is 0 Å². The second-order valence-corrected chi connectivity index (χ2v) is 6.33. The maximum Gasteiger partial charge on any atom is 0.222 e. The van der Waals surface area contributed by atoms with Crippen molar-refractivity contribution in [1.29, 1.82) is 0 Å². The number of carbonyl (C=O) groups excluding carboxylic acids is 1. The van der Waals surface area contributed by atoms with Gasteiger partial charge in [0.25, 0.3) is 0 Å². The molecule has 1 saturated heterocycles. The van der Waals surface area contributed by atoms with Gasteiger partial charge in [0.05, 0.1) is 6.10 Å². The molecule has 122 valence electrons. The number of carbonyl (C=O) groups is 1. The van der Waals surface area contributed by atoms with Gasteiger partial charge in [-0.25, -0.2) is 0 Å². The van der Waals surface area contributed by atoms with Gasteiger partial charge in [-0.1, -0.05) is 6.92 Å². The largest absolute Gasteiger partial charge is 0.378 e. The standard InChI is InChI=1S/C16H31N3O2/c1-3-14(12-17)18-5-7-19(8-6-18)16(20)11-13-9-15(10-13)21-4-2/h13-15H,3-12,17H2,1-2H3. The molecular formula is C16H31N3O2. The molecule has 1 heterocycles. The first-order valence-corrected chi connectivity index (χ1v) is 8.51. The number of nitrogens with two attached hydrogens (primary N) is 1. The molecule has 5 nitrogen and oxygen atoms in total. The molecule has 2 rings (SSSR count). The summed E-state index contributed by atoms with van der Waals surface area (Å²) < 4.78 is 5.56. The van der Waals surface area contributed by atoms with Crippen molar-refractivity contribution < 1.29 is 9.53 Å². The summed E-state index contributed by atoms with van der Waals surface area (Å²) in [5.41, 5.74) is 5.80. The van der Waals surface area contributed by atoms with E-state index in [0.717, 1.165) is 52.0 Å². The lowest BCUT2D eigenvalue weighted by Crippen LogP contribution is -2.53. The Hall–Kier alpha value is -0.650. The van der Waals surface area contributed by atoms with Crippen molar-refractivity contribution in [1.82, 2.24) is 9.80 Å². The van der Waals surface area contributed by atoms with Crippen LogP contribution in [0.5, 0.6) is 0 Å². The third-order valence-electron chi connectivity index (χ3n) is 4.98. The number of piperazine rings is 1. The van der Waals surface area contributed by atoms with Crippen LogP contribution in [0.25, 0.3) is 0 Å². The number of ether oxygens (including phenoxy) is 1. The molecule has 2 N–H and O–H groups in total. The molecule has 1 aliphatic carbocycles. The second kappa shape index (κ2) is 8.11. The SMILES string of the molecule is CCOC1CC(CC(=O)N2CCN(C(CC)CN)CC2)C1. The predicted octanol–water partition coefficient (Wildman–Crippen LogP) is 1.07. The van der Waals surface area contributed by atoms with Crippen LogP contribution < -0.4 is 5.73 Å². The van der Waals surface area contributed by atoms with E-state index in [2.05, 4.69) is 11.8 Å². The number of amides is 1. The Morgan fingerprint density at radius 2 is 1.90 bits per heavy atom. The first-order valence-electron chi connectivity index (χ1n) is 8.51. The van der Waals surface area contributed by atoms with Crippen molar-refractivity contribution in [2.45, 2.75) is 51.7 Å².